The van der Waals surface area contributed by atoms with Crippen LogP contribution in [0.3, 0.4) is 0 Å². The Morgan fingerprint density at radius 2 is 2.00 bits per heavy atom. The van der Waals surface area contributed by atoms with Gasteiger partial charge in [-0.25, -0.2) is 0 Å². The molecule has 3 heterocycles. The molecule has 1 unspecified atom stereocenters. The summed E-state index contributed by atoms with van der Waals surface area (Å²) in [5.74, 6) is -0.384. The lowest BCUT2D eigenvalue weighted by molar-refractivity contribution is -0.130. The van der Waals surface area contributed by atoms with Gasteiger partial charge in [-0.2, -0.15) is 0 Å². The van der Waals surface area contributed by atoms with Crippen LogP contribution in [-0.4, -0.2) is 23.3 Å². The lowest BCUT2D eigenvalue weighted by Crippen LogP contribution is -2.35. The van der Waals surface area contributed by atoms with Gasteiger partial charge >= 0.3 is 0 Å². The van der Waals surface area contributed by atoms with Crippen molar-refractivity contribution in [3.8, 4) is 0 Å². The molecule has 1 aromatic carbocycles. The first-order valence-electron chi connectivity index (χ1n) is 9.08. The van der Waals surface area contributed by atoms with Gasteiger partial charge < -0.3 is 10.3 Å². The Bertz CT molecular complexity index is 850. The van der Waals surface area contributed by atoms with Gasteiger partial charge in [0, 0.05) is 34.6 Å². The molecule has 1 saturated heterocycles. The maximum atomic E-state index is 11.7. The summed E-state index contributed by atoms with van der Waals surface area (Å²) in [5.41, 5.74) is 4.73. The van der Waals surface area contributed by atoms with Gasteiger partial charge in [-0.05, 0) is 50.3 Å². The Morgan fingerprint density at radius 3 is 2.88 bits per heavy atom. The summed E-state index contributed by atoms with van der Waals surface area (Å²) in [4.78, 5) is 26.5. The first-order valence-corrected chi connectivity index (χ1v) is 9.08. The number of aromatic amines is 1. The number of hydrogen-bond acceptors (Lipinski definition) is 3. The molecule has 0 saturated carbocycles. The number of amides is 2. The van der Waals surface area contributed by atoms with Crippen molar-refractivity contribution in [2.24, 2.45) is 0 Å². The number of para-hydroxylation sites is 1. The fourth-order valence-electron chi connectivity index (χ4n) is 3.93. The van der Waals surface area contributed by atoms with Crippen molar-refractivity contribution in [1.82, 2.24) is 15.6 Å². The number of aromatic nitrogens is 1. The van der Waals surface area contributed by atoms with Crippen LogP contribution in [0, 0.1) is 0 Å². The molecular formula is C20H23N3O2. The largest absolute Gasteiger partial charge is 0.357 e. The summed E-state index contributed by atoms with van der Waals surface area (Å²) in [6.45, 7) is 1.01. The van der Waals surface area contributed by atoms with Crippen LogP contribution in [0.5, 0.6) is 0 Å². The number of piperidine rings is 1. The Hall–Kier alpha value is -2.40. The topological polar surface area (TPSA) is 74.0 Å². The van der Waals surface area contributed by atoms with Crippen molar-refractivity contribution in [3.63, 3.8) is 0 Å². The minimum absolute atomic E-state index is 0.167. The second-order valence-electron chi connectivity index (χ2n) is 6.86. The summed E-state index contributed by atoms with van der Waals surface area (Å²) in [5, 5.41) is 7.34. The molecule has 2 aliphatic rings. The predicted molar refractivity (Wildman–Crippen MR) is 97.1 cm³/mol. The van der Waals surface area contributed by atoms with Crippen LogP contribution in [0.25, 0.3) is 10.9 Å². The van der Waals surface area contributed by atoms with Gasteiger partial charge in [0.05, 0.1) is 0 Å². The maximum Gasteiger partial charge on any atom is 0.253 e. The van der Waals surface area contributed by atoms with E-state index in [0.717, 1.165) is 37.8 Å². The van der Waals surface area contributed by atoms with E-state index < -0.39 is 0 Å². The van der Waals surface area contributed by atoms with E-state index in [1.54, 1.807) is 0 Å². The maximum absolute atomic E-state index is 11.7. The van der Waals surface area contributed by atoms with Gasteiger partial charge in [-0.15, -0.1) is 0 Å². The number of carbonyl (C=O) groups excluding carboxylic acids is 2. The highest BCUT2D eigenvalue weighted by atomic mass is 16.2. The third-order valence-corrected chi connectivity index (χ3v) is 5.21. The van der Waals surface area contributed by atoms with Crippen molar-refractivity contribution in [1.29, 1.82) is 0 Å². The zero-order valence-electron chi connectivity index (χ0n) is 14.2. The Morgan fingerprint density at radius 1 is 1.12 bits per heavy atom. The van der Waals surface area contributed by atoms with Crippen LogP contribution < -0.4 is 10.6 Å². The molecule has 3 N–H and O–H groups in total. The molecule has 0 spiro atoms. The van der Waals surface area contributed by atoms with Crippen LogP contribution >= 0.6 is 0 Å². The van der Waals surface area contributed by atoms with Gasteiger partial charge in [-0.1, -0.05) is 24.3 Å². The molecule has 1 fully saturated rings. The van der Waals surface area contributed by atoms with E-state index in [2.05, 4.69) is 39.9 Å². The Balaban J connectivity index is 1.40. The van der Waals surface area contributed by atoms with E-state index in [-0.39, 0.29) is 11.8 Å². The molecule has 2 aromatic rings. The quantitative estimate of drug-likeness (QED) is 0.456. The molecule has 0 bridgehead atoms. The standard InChI is InChI=1S/C20H23N3O2/c24-18-10-9-13(20(25)23-18)5-1-3-8-17-19-15(11-12-21-17)14-6-2-4-7-16(14)22-19/h2,4-7,17,21-22H,1,3,8-12H2,(H,23,24,25)/b13-5+. The monoisotopic (exact) mass is 337 g/mol. The number of carbonyl (C=O) groups is 2. The highest BCUT2D eigenvalue weighted by Crippen LogP contribution is 2.32. The summed E-state index contributed by atoms with van der Waals surface area (Å²) < 4.78 is 0. The van der Waals surface area contributed by atoms with E-state index >= 15 is 0 Å². The van der Waals surface area contributed by atoms with Crippen LogP contribution in [-0.2, 0) is 16.0 Å². The lowest BCUT2D eigenvalue weighted by Gasteiger charge is -2.24. The van der Waals surface area contributed by atoms with Crippen LogP contribution in [0.4, 0.5) is 0 Å². The Labute approximate surface area is 146 Å². The molecule has 130 valence electrons. The van der Waals surface area contributed by atoms with E-state index in [1.807, 2.05) is 6.08 Å². The molecule has 25 heavy (non-hydrogen) atoms. The van der Waals surface area contributed by atoms with E-state index in [4.69, 9.17) is 0 Å². The molecule has 1 aromatic heterocycles. The molecule has 0 radical (unpaired) electrons. The molecule has 1 atom stereocenters. The Kier molecular flexibility index (Phi) is 4.40. The average molecular weight is 337 g/mol. The van der Waals surface area contributed by atoms with Crippen LogP contribution in [0.2, 0.25) is 0 Å². The number of nitrogens with one attached hydrogen (secondary N) is 3. The van der Waals surface area contributed by atoms with Gasteiger partial charge in [0.25, 0.3) is 5.91 Å². The number of rotatable bonds is 4. The molecule has 5 heteroatoms. The minimum Gasteiger partial charge on any atom is -0.357 e. The number of fused-ring (bicyclic) bond motifs is 3. The first-order chi connectivity index (χ1) is 12.2. The molecule has 0 aliphatic carbocycles. The second-order valence-corrected chi connectivity index (χ2v) is 6.86. The predicted octanol–water partition coefficient (Wildman–Crippen LogP) is 2.89. The van der Waals surface area contributed by atoms with Gasteiger partial charge in [0.15, 0.2) is 0 Å². The van der Waals surface area contributed by atoms with Crippen LogP contribution in [0.1, 0.15) is 49.4 Å². The van der Waals surface area contributed by atoms with Gasteiger partial charge in [0.2, 0.25) is 5.91 Å². The number of hydrogen-bond donors (Lipinski definition) is 3. The van der Waals surface area contributed by atoms with E-state index in [0.29, 0.717) is 18.9 Å². The number of H-pyrrole nitrogens is 1. The zero-order valence-corrected chi connectivity index (χ0v) is 14.2. The second kappa shape index (κ2) is 6.84. The summed E-state index contributed by atoms with van der Waals surface area (Å²) in [7, 11) is 0. The number of imide groups is 1. The lowest BCUT2D eigenvalue weighted by atomic mass is 9.95. The van der Waals surface area contributed by atoms with Crippen molar-refractivity contribution >= 4 is 22.7 Å². The molecule has 2 amide bonds. The number of unbranched alkanes of at least 4 members (excludes halogenated alkanes) is 1. The number of benzene rings is 1. The van der Waals surface area contributed by atoms with Crippen molar-refractivity contribution in [2.75, 3.05) is 6.54 Å². The molecular weight excluding hydrogens is 314 g/mol. The SMILES string of the molecule is O=C1CC/C(=C\CCCC2NCCc3c2[nH]c2ccccc32)C(=O)N1. The summed E-state index contributed by atoms with van der Waals surface area (Å²) in [6, 6.07) is 8.84. The van der Waals surface area contributed by atoms with Crippen molar-refractivity contribution < 1.29 is 9.59 Å². The average Bonchev–Trinajstić information content (AvgIpc) is 3.00. The summed E-state index contributed by atoms with van der Waals surface area (Å²) in [6.07, 6.45) is 6.95. The molecule has 5 nitrogen and oxygen atoms in total. The van der Waals surface area contributed by atoms with Gasteiger partial charge in [0.1, 0.15) is 0 Å². The van der Waals surface area contributed by atoms with Gasteiger partial charge in [-0.3, -0.25) is 14.9 Å². The zero-order chi connectivity index (χ0) is 17.2. The summed E-state index contributed by atoms with van der Waals surface area (Å²) >= 11 is 0. The number of allylic oxidation sites excluding steroid dienone is 1. The van der Waals surface area contributed by atoms with Crippen molar-refractivity contribution in [2.45, 2.75) is 44.6 Å². The third kappa shape index (κ3) is 3.24. The van der Waals surface area contributed by atoms with E-state index in [1.165, 1.54) is 22.2 Å². The van der Waals surface area contributed by atoms with Crippen molar-refractivity contribution in [3.05, 3.63) is 47.2 Å². The fraction of sp³-hybridized carbons (Fsp3) is 0.400. The highest BCUT2D eigenvalue weighted by Gasteiger charge is 2.23. The smallest absolute Gasteiger partial charge is 0.253 e. The molecule has 4 rings (SSSR count). The fourth-order valence-corrected chi connectivity index (χ4v) is 3.93. The minimum atomic E-state index is -0.218. The normalized spacial score (nSPS) is 22.2. The van der Waals surface area contributed by atoms with E-state index in [9.17, 15) is 9.59 Å². The first kappa shape index (κ1) is 16.1. The highest BCUT2D eigenvalue weighted by molar-refractivity contribution is 6.07. The molecule has 2 aliphatic heterocycles. The van der Waals surface area contributed by atoms with Crippen LogP contribution in [0.15, 0.2) is 35.9 Å². The third-order valence-electron chi connectivity index (χ3n) is 5.21.